The molecule has 0 amide bonds. The van der Waals surface area contributed by atoms with Crippen LogP contribution in [0.5, 0.6) is 0 Å². The van der Waals surface area contributed by atoms with Gasteiger partial charge < -0.3 is 0 Å². The Labute approximate surface area is 55.9 Å². The third-order valence-electron chi connectivity index (χ3n) is 0.643. The van der Waals surface area contributed by atoms with E-state index in [0.717, 1.165) is 6.26 Å². The highest BCUT2D eigenvalue weighted by molar-refractivity contribution is 7.88. The summed E-state index contributed by atoms with van der Waals surface area (Å²) in [5.74, 6) is 0. The van der Waals surface area contributed by atoms with Crippen LogP contribution in [0.15, 0.2) is 0 Å². The highest BCUT2D eigenvalue weighted by Gasteiger charge is 1.98. The van der Waals surface area contributed by atoms with Gasteiger partial charge in [-0.2, -0.15) is 0 Å². The van der Waals surface area contributed by atoms with Gasteiger partial charge in [0.25, 0.3) is 0 Å². The van der Waals surface area contributed by atoms with Gasteiger partial charge in [0, 0.05) is 0 Å². The SMILES string of the molecule is CN(C)CNS(C)(=O)=O. The first-order valence-corrected chi connectivity index (χ1v) is 4.40. The van der Waals surface area contributed by atoms with Gasteiger partial charge in [0.05, 0.1) is 12.9 Å². The smallest absolute Gasteiger partial charge is 0.209 e. The molecular formula is C4H12N2O2S. The summed E-state index contributed by atoms with van der Waals surface area (Å²) >= 11 is 0. The van der Waals surface area contributed by atoms with Crippen molar-refractivity contribution in [1.82, 2.24) is 9.62 Å². The zero-order chi connectivity index (χ0) is 7.49. The maximum Gasteiger partial charge on any atom is 0.209 e. The van der Waals surface area contributed by atoms with E-state index >= 15 is 0 Å². The lowest BCUT2D eigenvalue weighted by molar-refractivity contribution is 0.400. The van der Waals surface area contributed by atoms with Gasteiger partial charge in [0.15, 0.2) is 0 Å². The van der Waals surface area contributed by atoms with E-state index in [9.17, 15) is 8.42 Å². The van der Waals surface area contributed by atoms with Crippen LogP contribution in [0.25, 0.3) is 0 Å². The average Bonchev–Trinajstić information content (AvgIpc) is 1.59. The Morgan fingerprint density at radius 3 is 2.00 bits per heavy atom. The summed E-state index contributed by atoms with van der Waals surface area (Å²) in [6.45, 7) is 0.360. The summed E-state index contributed by atoms with van der Waals surface area (Å²) in [5, 5.41) is 0. The fourth-order valence-corrected chi connectivity index (χ4v) is 0.739. The molecule has 5 heteroatoms. The topological polar surface area (TPSA) is 49.4 Å². The minimum Gasteiger partial charge on any atom is -0.296 e. The molecule has 9 heavy (non-hydrogen) atoms. The molecule has 0 aliphatic heterocycles. The van der Waals surface area contributed by atoms with Crippen molar-refractivity contribution in [1.29, 1.82) is 0 Å². The largest absolute Gasteiger partial charge is 0.296 e. The molecule has 0 saturated carbocycles. The molecule has 0 rings (SSSR count). The Hall–Kier alpha value is -0.130. The zero-order valence-corrected chi connectivity index (χ0v) is 6.70. The van der Waals surface area contributed by atoms with Crippen LogP contribution in [0.4, 0.5) is 0 Å². The van der Waals surface area contributed by atoms with E-state index in [2.05, 4.69) is 4.72 Å². The van der Waals surface area contributed by atoms with Gasteiger partial charge in [-0.25, -0.2) is 13.1 Å². The predicted molar refractivity (Wildman–Crippen MR) is 36.5 cm³/mol. The summed E-state index contributed by atoms with van der Waals surface area (Å²) in [4.78, 5) is 1.74. The maximum absolute atomic E-state index is 10.4. The third-order valence-corrected chi connectivity index (χ3v) is 1.30. The number of hydrogen-bond donors (Lipinski definition) is 1. The Morgan fingerprint density at radius 2 is 1.89 bits per heavy atom. The van der Waals surface area contributed by atoms with Gasteiger partial charge in [0.2, 0.25) is 10.0 Å². The monoisotopic (exact) mass is 152 g/mol. The fourth-order valence-electron chi connectivity index (χ4n) is 0.246. The quantitative estimate of drug-likeness (QED) is 0.531. The summed E-state index contributed by atoms with van der Waals surface area (Å²) < 4.78 is 23.1. The van der Waals surface area contributed by atoms with E-state index < -0.39 is 10.0 Å². The van der Waals surface area contributed by atoms with Crippen LogP contribution in [0.2, 0.25) is 0 Å². The molecule has 0 aromatic carbocycles. The predicted octanol–water partition coefficient (Wildman–Crippen LogP) is -0.945. The van der Waals surface area contributed by atoms with Crippen molar-refractivity contribution in [2.45, 2.75) is 0 Å². The Balaban J connectivity index is 3.53. The molecule has 0 aliphatic rings. The fraction of sp³-hybridized carbons (Fsp3) is 1.00. The van der Waals surface area contributed by atoms with Crippen LogP contribution in [0, 0.1) is 0 Å². The molecule has 0 bridgehead atoms. The second kappa shape index (κ2) is 3.14. The molecule has 0 aromatic rings. The molecule has 0 unspecified atom stereocenters. The first-order chi connectivity index (χ1) is 3.92. The lowest BCUT2D eigenvalue weighted by atomic mass is 10.9. The molecule has 0 radical (unpaired) electrons. The molecule has 0 atom stereocenters. The van der Waals surface area contributed by atoms with Gasteiger partial charge in [-0.15, -0.1) is 0 Å². The van der Waals surface area contributed by atoms with E-state index in [1.54, 1.807) is 19.0 Å². The second-order valence-electron chi connectivity index (χ2n) is 2.15. The van der Waals surface area contributed by atoms with Gasteiger partial charge >= 0.3 is 0 Å². The number of rotatable bonds is 3. The molecule has 0 aliphatic carbocycles. The van der Waals surface area contributed by atoms with Crippen molar-refractivity contribution in [3.63, 3.8) is 0 Å². The van der Waals surface area contributed by atoms with Crippen molar-refractivity contribution in [2.75, 3.05) is 27.0 Å². The van der Waals surface area contributed by atoms with E-state index in [1.165, 1.54) is 0 Å². The Bertz CT molecular complexity index is 161. The zero-order valence-electron chi connectivity index (χ0n) is 5.88. The normalized spacial score (nSPS) is 12.4. The van der Waals surface area contributed by atoms with Crippen LogP contribution in [0.1, 0.15) is 0 Å². The van der Waals surface area contributed by atoms with Crippen molar-refractivity contribution < 1.29 is 8.42 Å². The van der Waals surface area contributed by atoms with E-state index in [0.29, 0.717) is 6.67 Å². The Morgan fingerprint density at radius 1 is 1.44 bits per heavy atom. The second-order valence-corrected chi connectivity index (χ2v) is 3.99. The minimum absolute atomic E-state index is 0.360. The number of nitrogens with zero attached hydrogens (tertiary/aromatic N) is 1. The minimum atomic E-state index is -3.01. The molecular weight excluding hydrogens is 140 g/mol. The molecule has 0 fully saturated rings. The molecule has 0 spiro atoms. The van der Waals surface area contributed by atoms with Crippen LogP contribution in [0.3, 0.4) is 0 Å². The first kappa shape index (κ1) is 8.87. The number of sulfonamides is 1. The van der Waals surface area contributed by atoms with Gasteiger partial charge in [0.1, 0.15) is 0 Å². The summed E-state index contributed by atoms with van der Waals surface area (Å²) in [6.07, 6.45) is 1.14. The van der Waals surface area contributed by atoms with Gasteiger partial charge in [-0.3, -0.25) is 4.90 Å². The van der Waals surface area contributed by atoms with Crippen LogP contribution in [-0.4, -0.2) is 40.3 Å². The van der Waals surface area contributed by atoms with Gasteiger partial charge in [-0.05, 0) is 14.1 Å². The van der Waals surface area contributed by atoms with Gasteiger partial charge in [-0.1, -0.05) is 0 Å². The van der Waals surface area contributed by atoms with Crippen LogP contribution < -0.4 is 4.72 Å². The van der Waals surface area contributed by atoms with E-state index in [-0.39, 0.29) is 0 Å². The lowest BCUT2D eigenvalue weighted by Crippen LogP contribution is -2.32. The maximum atomic E-state index is 10.4. The van der Waals surface area contributed by atoms with Crippen LogP contribution in [-0.2, 0) is 10.0 Å². The van der Waals surface area contributed by atoms with Crippen molar-refractivity contribution in [3.8, 4) is 0 Å². The van der Waals surface area contributed by atoms with Crippen LogP contribution >= 0.6 is 0 Å². The molecule has 4 nitrogen and oxygen atoms in total. The molecule has 1 N–H and O–H groups in total. The average molecular weight is 152 g/mol. The third kappa shape index (κ3) is 7.87. The highest BCUT2D eigenvalue weighted by Crippen LogP contribution is 1.73. The molecule has 56 valence electrons. The van der Waals surface area contributed by atoms with Crippen molar-refractivity contribution >= 4 is 10.0 Å². The standard InChI is InChI=1S/C4H12N2O2S/c1-6(2)4-5-9(3,7)8/h5H,4H2,1-3H3. The summed E-state index contributed by atoms with van der Waals surface area (Å²) in [6, 6.07) is 0. The molecule has 0 heterocycles. The number of nitrogens with one attached hydrogen (secondary N) is 1. The Kier molecular flexibility index (Phi) is 3.10. The first-order valence-electron chi connectivity index (χ1n) is 2.51. The molecule has 0 aromatic heterocycles. The molecule has 0 saturated heterocycles. The van der Waals surface area contributed by atoms with Crippen molar-refractivity contribution in [2.24, 2.45) is 0 Å². The lowest BCUT2D eigenvalue weighted by Gasteiger charge is -2.08. The van der Waals surface area contributed by atoms with E-state index in [1.807, 2.05) is 0 Å². The number of hydrogen-bond acceptors (Lipinski definition) is 3. The van der Waals surface area contributed by atoms with Crippen molar-refractivity contribution in [3.05, 3.63) is 0 Å². The highest BCUT2D eigenvalue weighted by atomic mass is 32.2. The summed E-state index contributed by atoms with van der Waals surface area (Å²) in [5.41, 5.74) is 0. The summed E-state index contributed by atoms with van der Waals surface area (Å²) in [7, 11) is 0.569. The van der Waals surface area contributed by atoms with E-state index in [4.69, 9.17) is 0 Å².